The molecule has 2 aromatic heterocycles. The predicted molar refractivity (Wildman–Crippen MR) is 88.3 cm³/mol. The molecule has 23 heavy (non-hydrogen) atoms. The molecular formula is C18H17N3O2. The van der Waals surface area contributed by atoms with E-state index in [0.29, 0.717) is 17.0 Å². The number of benzene rings is 1. The van der Waals surface area contributed by atoms with Gasteiger partial charge in [0.05, 0.1) is 0 Å². The van der Waals surface area contributed by atoms with Gasteiger partial charge in [-0.05, 0) is 56.2 Å². The van der Waals surface area contributed by atoms with Gasteiger partial charge in [0.15, 0.2) is 0 Å². The summed E-state index contributed by atoms with van der Waals surface area (Å²) in [4.78, 5) is 16.7. The van der Waals surface area contributed by atoms with Crippen molar-refractivity contribution in [2.45, 2.75) is 20.8 Å². The van der Waals surface area contributed by atoms with Crippen LogP contribution in [0.25, 0.3) is 11.3 Å². The highest BCUT2D eigenvalue weighted by Crippen LogP contribution is 2.25. The first kappa shape index (κ1) is 15.0. The molecular weight excluding hydrogens is 290 g/mol. The molecule has 1 aromatic carbocycles. The van der Waals surface area contributed by atoms with Gasteiger partial charge in [-0.15, -0.1) is 0 Å². The SMILES string of the molecule is Cc1cc(C)cc(NC(=O)c2c(-c3cccnc3)noc2C)c1. The van der Waals surface area contributed by atoms with Gasteiger partial charge in [-0.25, -0.2) is 0 Å². The minimum Gasteiger partial charge on any atom is -0.360 e. The molecule has 0 saturated heterocycles. The van der Waals surface area contributed by atoms with E-state index in [-0.39, 0.29) is 5.91 Å². The van der Waals surface area contributed by atoms with Gasteiger partial charge in [-0.3, -0.25) is 9.78 Å². The maximum absolute atomic E-state index is 12.7. The number of anilines is 1. The molecule has 0 aliphatic rings. The number of nitrogens with one attached hydrogen (secondary N) is 1. The first-order valence-corrected chi connectivity index (χ1v) is 7.31. The van der Waals surface area contributed by atoms with Crippen molar-refractivity contribution >= 4 is 11.6 Å². The molecule has 0 aliphatic heterocycles. The van der Waals surface area contributed by atoms with Gasteiger partial charge in [0.25, 0.3) is 5.91 Å². The van der Waals surface area contributed by atoms with Gasteiger partial charge >= 0.3 is 0 Å². The molecule has 116 valence electrons. The van der Waals surface area contributed by atoms with E-state index in [1.54, 1.807) is 25.4 Å². The molecule has 0 spiro atoms. The number of carbonyl (C=O) groups excluding carboxylic acids is 1. The van der Waals surface area contributed by atoms with E-state index < -0.39 is 0 Å². The molecule has 1 amide bonds. The number of hydrogen-bond acceptors (Lipinski definition) is 4. The summed E-state index contributed by atoms with van der Waals surface area (Å²) < 4.78 is 5.22. The second-order valence-electron chi connectivity index (χ2n) is 5.53. The summed E-state index contributed by atoms with van der Waals surface area (Å²) in [7, 11) is 0. The van der Waals surface area contributed by atoms with Crippen LogP contribution in [0.15, 0.2) is 47.2 Å². The lowest BCUT2D eigenvalue weighted by molar-refractivity contribution is 0.102. The Labute approximate surface area is 134 Å². The van der Waals surface area contributed by atoms with Crippen LogP contribution in [0.1, 0.15) is 27.2 Å². The number of nitrogens with zero attached hydrogens (tertiary/aromatic N) is 2. The molecule has 2 heterocycles. The normalized spacial score (nSPS) is 10.6. The first-order chi connectivity index (χ1) is 11.0. The highest BCUT2D eigenvalue weighted by atomic mass is 16.5. The molecule has 1 N–H and O–H groups in total. The van der Waals surface area contributed by atoms with Crippen molar-refractivity contribution in [3.8, 4) is 11.3 Å². The van der Waals surface area contributed by atoms with Crippen molar-refractivity contribution in [3.05, 3.63) is 65.2 Å². The van der Waals surface area contributed by atoms with Crippen molar-refractivity contribution in [1.29, 1.82) is 0 Å². The minimum absolute atomic E-state index is 0.243. The van der Waals surface area contributed by atoms with Crippen LogP contribution in [-0.4, -0.2) is 16.0 Å². The lowest BCUT2D eigenvalue weighted by atomic mass is 10.1. The van der Waals surface area contributed by atoms with Crippen LogP contribution in [-0.2, 0) is 0 Å². The van der Waals surface area contributed by atoms with Gasteiger partial charge in [0.1, 0.15) is 17.0 Å². The van der Waals surface area contributed by atoms with Crippen molar-refractivity contribution in [3.63, 3.8) is 0 Å². The van der Waals surface area contributed by atoms with E-state index in [0.717, 1.165) is 22.4 Å². The molecule has 0 fully saturated rings. The van der Waals surface area contributed by atoms with Crippen molar-refractivity contribution < 1.29 is 9.32 Å². The number of hydrogen-bond donors (Lipinski definition) is 1. The third kappa shape index (κ3) is 3.13. The molecule has 0 bridgehead atoms. The van der Waals surface area contributed by atoms with Gasteiger partial charge in [0, 0.05) is 23.6 Å². The second kappa shape index (κ2) is 6.04. The molecule has 5 heteroatoms. The summed E-state index contributed by atoms with van der Waals surface area (Å²) >= 11 is 0. The van der Waals surface area contributed by atoms with E-state index in [1.807, 2.05) is 32.0 Å². The first-order valence-electron chi connectivity index (χ1n) is 7.31. The average Bonchev–Trinajstić information content (AvgIpc) is 2.89. The molecule has 0 radical (unpaired) electrons. The largest absolute Gasteiger partial charge is 0.360 e. The highest BCUT2D eigenvalue weighted by Gasteiger charge is 2.21. The molecule has 0 saturated carbocycles. The van der Waals surface area contributed by atoms with Gasteiger partial charge in [-0.1, -0.05) is 11.2 Å². The van der Waals surface area contributed by atoms with Crippen LogP contribution >= 0.6 is 0 Å². The zero-order valence-electron chi connectivity index (χ0n) is 13.3. The van der Waals surface area contributed by atoms with Crippen LogP contribution in [0, 0.1) is 20.8 Å². The van der Waals surface area contributed by atoms with Crippen LogP contribution in [0.5, 0.6) is 0 Å². The Morgan fingerprint density at radius 3 is 2.52 bits per heavy atom. The minimum atomic E-state index is -0.243. The van der Waals surface area contributed by atoms with E-state index in [9.17, 15) is 4.79 Å². The maximum Gasteiger partial charge on any atom is 0.261 e. The topological polar surface area (TPSA) is 68.0 Å². The fourth-order valence-corrected chi connectivity index (χ4v) is 2.58. The zero-order chi connectivity index (χ0) is 16.4. The third-order valence-electron chi connectivity index (χ3n) is 3.50. The highest BCUT2D eigenvalue weighted by molar-refractivity contribution is 6.08. The van der Waals surface area contributed by atoms with E-state index >= 15 is 0 Å². The number of pyridine rings is 1. The summed E-state index contributed by atoms with van der Waals surface area (Å²) in [5, 5.41) is 6.93. The van der Waals surface area contributed by atoms with Crippen molar-refractivity contribution in [2.24, 2.45) is 0 Å². The third-order valence-corrected chi connectivity index (χ3v) is 3.50. The molecule has 0 aliphatic carbocycles. The van der Waals surface area contributed by atoms with E-state index in [2.05, 4.69) is 21.5 Å². The fraction of sp³-hybridized carbons (Fsp3) is 0.167. The Morgan fingerprint density at radius 2 is 1.87 bits per heavy atom. The Hall–Kier alpha value is -2.95. The van der Waals surface area contributed by atoms with Gasteiger partial charge < -0.3 is 9.84 Å². The van der Waals surface area contributed by atoms with Crippen LogP contribution < -0.4 is 5.32 Å². The lowest BCUT2D eigenvalue weighted by Gasteiger charge is -2.08. The van der Waals surface area contributed by atoms with Gasteiger partial charge in [0.2, 0.25) is 0 Å². The number of aromatic nitrogens is 2. The summed E-state index contributed by atoms with van der Waals surface area (Å²) in [5.41, 5.74) is 4.61. The summed E-state index contributed by atoms with van der Waals surface area (Å²) in [6.45, 7) is 5.71. The van der Waals surface area contributed by atoms with Gasteiger partial charge in [-0.2, -0.15) is 0 Å². The quantitative estimate of drug-likeness (QED) is 0.796. The summed E-state index contributed by atoms with van der Waals surface area (Å²) in [5.74, 6) is 0.235. The zero-order valence-corrected chi connectivity index (χ0v) is 13.3. The van der Waals surface area contributed by atoms with E-state index in [1.165, 1.54) is 0 Å². The maximum atomic E-state index is 12.7. The van der Waals surface area contributed by atoms with Crippen molar-refractivity contribution in [1.82, 2.24) is 10.1 Å². The molecule has 3 rings (SSSR count). The number of rotatable bonds is 3. The Bertz CT molecular complexity index is 834. The molecule has 0 atom stereocenters. The molecule has 0 unspecified atom stereocenters. The Balaban J connectivity index is 1.95. The average molecular weight is 307 g/mol. The smallest absolute Gasteiger partial charge is 0.261 e. The fourth-order valence-electron chi connectivity index (χ4n) is 2.58. The van der Waals surface area contributed by atoms with Crippen molar-refractivity contribution in [2.75, 3.05) is 5.32 Å². The Morgan fingerprint density at radius 1 is 1.13 bits per heavy atom. The second-order valence-corrected chi connectivity index (χ2v) is 5.53. The standard InChI is InChI=1S/C18H17N3O2/c1-11-7-12(2)9-15(8-11)20-18(22)16-13(3)23-21-17(16)14-5-4-6-19-10-14/h4-10H,1-3H3,(H,20,22). The van der Waals surface area contributed by atoms with Crippen LogP contribution in [0.4, 0.5) is 5.69 Å². The molecule has 3 aromatic rings. The lowest BCUT2D eigenvalue weighted by Crippen LogP contribution is -2.13. The number of amides is 1. The number of aryl methyl sites for hydroxylation is 3. The Kier molecular flexibility index (Phi) is 3.93. The van der Waals surface area contributed by atoms with Crippen LogP contribution in [0.3, 0.4) is 0 Å². The predicted octanol–water partition coefficient (Wildman–Crippen LogP) is 3.91. The summed E-state index contributed by atoms with van der Waals surface area (Å²) in [6.07, 6.45) is 3.33. The monoisotopic (exact) mass is 307 g/mol. The number of carbonyl (C=O) groups is 1. The molecule has 5 nitrogen and oxygen atoms in total. The van der Waals surface area contributed by atoms with E-state index in [4.69, 9.17) is 4.52 Å². The van der Waals surface area contributed by atoms with Crippen LogP contribution in [0.2, 0.25) is 0 Å². The summed E-state index contributed by atoms with van der Waals surface area (Å²) in [6, 6.07) is 9.55.